The number of rotatable bonds is 5. The molecule has 2 aromatic carbocycles. The second kappa shape index (κ2) is 7.57. The lowest BCUT2D eigenvalue weighted by molar-refractivity contribution is -0.121. The van der Waals surface area contributed by atoms with Crippen LogP contribution in [-0.4, -0.2) is 36.5 Å². The highest BCUT2D eigenvalue weighted by Gasteiger charge is 2.30. The molecule has 1 heterocycles. The van der Waals surface area contributed by atoms with E-state index in [1.54, 1.807) is 15.9 Å². The van der Waals surface area contributed by atoms with Gasteiger partial charge in [0.05, 0.1) is 0 Å². The van der Waals surface area contributed by atoms with Gasteiger partial charge in [-0.3, -0.25) is 9.69 Å². The van der Waals surface area contributed by atoms with Crippen molar-refractivity contribution in [1.29, 1.82) is 0 Å². The van der Waals surface area contributed by atoms with Crippen molar-refractivity contribution >= 4 is 29.2 Å². The number of benzene rings is 2. The van der Waals surface area contributed by atoms with Crippen LogP contribution in [0.5, 0.6) is 0 Å². The van der Waals surface area contributed by atoms with Crippen LogP contribution in [0.3, 0.4) is 0 Å². The lowest BCUT2D eigenvalue weighted by Crippen LogP contribution is -2.39. The quantitative estimate of drug-likeness (QED) is 0.893. The zero-order chi connectivity index (χ0) is 17.8. The summed E-state index contributed by atoms with van der Waals surface area (Å²) in [6, 6.07) is 15.0. The standard InChI is InChI=1S/C19H20ClN3O2/c1-14-6-8-16(9-7-14)23-11-10-22(19(23)25)13-18(24)21-12-15-4-2-3-5-17(15)20/h2-9H,10-13H2,1H3,(H,21,24). The summed E-state index contributed by atoms with van der Waals surface area (Å²) in [5.41, 5.74) is 2.85. The Morgan fingerprint density at radius 1 is 1.12 bits per heavy atom. The number of halogens is 1. The van der Waals surface area contributed by atoms with Crippen molar-refractivity contribution < 1.29 is 9.59 Å². The molecule has 0 aromatic heterocycles. The van der Waals surface area contributed by atoms with E-state index >= 15 is 0 Å². The number of nitrogens with zero attached hydrogens (tertiary/aromatic N) is 2. The molecule has 25 heavy (non-hydrogen) atoms. The predicted molar refractivity (Wildman–Crippen MR) is 98.8 cm³/mol. The average Bonchev–Trinajstić information content (AvgIpc) is 2.96. The van der Waals surface area contributed by atoms with Gasteiger partial charge in [0.25, 0.3) is 0 Å². The normalized spacial score (nSPS) is 14.1. The largest absolute Gasteiger partial charge is 0.350 e. The molecule has 1 fully saturated rings. The van der Waals surface area contributed by atoms with Gasteiger partial charge in [0.15, 0.2) is 0 Å². The Bertz CT molecular complexity index is 776. The Morgan fingerprint density at radius 2 is 1.84 bits per heavy atom. The Labute approximate surface area is 152 Å². The maximum absolute atomic E-state index is 12.5. The lowest BCUT2D eigenvalue weighted by atomic mass is 10.2. The smallest absolute Gasteiger partial charge is 0.325 e. The maximum Gasteiger partial charge on any atom is 0.325 e. The number of aryl methyl sites for hydroxylation is 1. The molecule has 2 aromatic rings. The Balaban J connectivity index is 1.55. The molecule has 0 radical (unpaired) electrons. The molecule has 1 N–H and O–H groups in total. The molecular weight excluding hydrogens is 338 g/mol. The number of carbonyl (C=O) groups excluding carboxylic acids is 2. The van der Waals surface area contributed by atoms with E-state index in [9.17, 15) is 9.59 Å². The molecule has 0 unspecified atom stereocenters. The van der Waals surface area contributed by atoms with Crippen LogP contribution in [0.15, 0.2) is 48.5 Å². The van der Waals surface area contributed by atoms with Gasteiger partial charge in [-0.25, -0.2) is 4.79 Å². The van der Waals surface area contributed by atoms with Crippen molar-refractivity contribution in [2.75, 3.05) is 24.5 Å². The van der Waals surface area contributed by atoms with E-state index in [0.29, 0.717) is 24.7 Å². The van der Waals surface area contributed by atoms with Crippen LogP contribution in [0.25, 0.3) is 0 Å². The molecule has 0 bridgehead atoms. The van der Waals surface area contributed by atoms with Crippen molar-refractivity contribution in [2.24, 2.45) is 0 Å². The summed E-state index contributed by atoms with van der Waals surface area (Å²) < 4.78 is 0. The molecule has 3 rings (SSSR count). The molecule has 0 saturated carbocycles. The fourth-order valence-electron chi connectivity index (χ4n) is 2.76. The number of hydrogen-bond acceptors (Lipinski definition) is 2. The van der Waals surface area contributed by atoms with Crippen molar-refractivity contribution in [3.8, 4) is 0 Å². The number of carbonyl (C=O) groups is 2. The molecule has 0 spiro atoms. The molecule has 6 heteroatoms. The second-order valence-electron chi connectivity index (χ2n) is 6.06. The van der Waals surface area contributed by atoms with Crippen LogP contribution in [-0.2, 0) is 11.3 Å². The van der Waals surface area contributed by atoms with Gasteiger partial charge < -0.3 is 10.2 Å². The van der Waals surface area contributed by atoms with Gasteiger partial charge in [0.2, 0.25) is 5.91 Å². The van der Waals surface area contributed by atoms with E-state index in [0.717, 1.165) is 16.8 Å². The molecule has 1 saturated heterocycles. The zero-order valence-corrected chi connectivity index (χ0v) is 14.8. The number of urea groups is 1. The molecule has 1 aliphatic heterocycles. The topological polar surface area (TPSA) is 52.6 Å². The average molecular weight is 358 g/mol. The Hall–Kier alpha value is -2.53. The van der Waals surface area contributed by atoms with Gasteiger partial charge in [0, 0.05) is 30.3 Å². The molecule has 5 nitrogen and oxygen atoms in total. The summed E-state index contributed by atoms with van der Waals surface area (Å²) >= 11 is 6.08. The van der Waals surface area contributed by atoms with Gasteiger partial charge in [0.1, 0.15) is 6.54 Å². The predicted octanol–water partition coefficient (Wildman–Crippen LogP) is 3.21. The van der Waals surface area contributed by atoms with Gasteiger partial charge in [-0.1, -0.05) is 47.5 Å². The highest BCUT2D eigenvalue weighted by atomic mass is 35.5. The van der Waals surface area contributed by atoms with Crippen molar-refractivity contribution in [3.05, 3.63) is 64.7 Å². The molecule has 130 valence electrons. The number of amides is 3. The van der Waals surface area contributed by atoms with E-state index in [-0.39, 0.29) is 18.5 Å². The van der Waals surface area contributed by atoms with Crippen LogP contribution in [0.1, 0.15) is 11.1 Å². The summed E-state index contributed by atoms with van der Waals surface area (Å²) in [5, 5.41) is 3.43. The van der Waals surface area contributed by atoms with Gasteiger partial charge >= 0.3 is 6.03 Å². The fourth-order valence-corrected chi connectivity index (χ4v) is 2.96. The van der Waals surface area contributed by atoms with Crippen molar-refractivity contribution in [2.45, 2.75) is 13.5 Å². The third kappa shape index (κ3) is 4.12. The van der Waals surface area contributed by atoms with Crippen LogP contribution >= 0.6 is 11.6 Å². The molecule has 1 aliphatic rings. The molecule has 3 amide bonds. The lowest BCUT2D eigenvalue weighted by Gasteiger charge is -2.18. The van der Waals surface area contributed by atoms with Crippen LogP contribution in [0.4, 0.5) is 10.5 Å². The monoisotopic (exact) mass is 357 g/mol. The zero-order valence-electron chi connectivity index (χ0n) is 14.0. The van der Waals surface area contributed by atoms with E-state index in [1.165, 1.54) is 0 Å². The van der Waals surface area contributed by atoms with Gasteiger partial charge in [-0.2, -0.15) is 0 Å². The summed E-state index contributed by atoms with van der Waals surface area (Å²) in [5.74, 6) is -0.195. The summed E-state index contributed by atoms with van der Waals surface area (Å²) in [6.45, 7) is 3.52. The first kappa shape index (κ1) is 17.3. The second-order valence-corrected chi connectivity index (χ2v) is 6.47. The third-order valence-electron chi connectivity index (χ3n) is 4.21. The van der Waals surface area contributed by atoms with Gasteiger partial charge in [-0.15, -0.1) is 0 Å². The number of anilines is 1. The summed E-state index contributed by atoms with van der Waals surface area (Å²) in [6.07, 6.45) is 0. The molecular formula is C19H20ClN3O2. The van der Waals surface area contributed by atoms with E-state index in [2.05, 4.69) is 5.32 Å². The van der Waals surface area contributed by atoms with Crippen molar-refractivity contribution in [3.63, 3.8) is 0 Å². The summed E-state index contributed by atoms with van der Waals surface area (Å²) in [7, 11) is 0. The van der Waals surface area contributed by atoms with Crippen LogP contribution in [0, 0.1) is 6.92 Å². The minimum absolute atomic E-state index is 0.0473. The van der Waals surface area contributed by atoms with Crippen molar-refractivity contribution in [1.82, 2.24) is 10.2 Å². The third-order valence-corrected chi connectivity index (χ3v) is 4.58. The number of nitrogens with one attached hydrogen (secondary N) is 1. The van der Waals surface area contributed by atoms with Crippen LogP contribution < -0.4 is 10.2 Å². The first-order valence-electron chi connectivity index (χ1n) is 8.18. The molecule has 0 atom stereocenters. The Morgan fingerprint density at radius 3 is 2.56 bits per heavy atom. The minimum atomic E-state index is -0.195. The first-order valence-corrected chi connectivity index (χ1v) is 8.55. The van der Waals surface area contributed by atoms with E-state index in [4.69, 9.17) is 11.6 Å². The maximum atomic E-state index is 12.5. The van der Waals surface area contributed by atoms with E-state index < -0.39 is 0 Å². The van der Waals surface area contributed by atoms with E-state index in [1.807, 2.05) is 49.4 Å². The minimum Gasteiger partial charge on any atom is -0.350 e. The highest BCUT2D eigenvalue weighted by Crippen LogP contribution is 2.20. The highest BCUT2D eigenvalue weighted by molar-refractivity contribution is 6.31. The number of hydrogen-bond donors (Lipinski definition) is 1. The molecule has 0 aliphatic carbocycles. The van der Waals surface area contributed by atoms with Gasteiger partial charge in [-0.05, 0) is 30.7 Å². The van der Waals surface area contributed by atoms with Crippen LogP contribution in [0.2, 0.25) is 5.02 Å². The summed E-state index contributed by atoms with van der Waals surface area (Å²) in [4.78, 5) is 27.9. The SMILES string of the molecule is Cc1ccc(N2CCN(CC(=O)NCc3ccccc3Cl)C2=O)cc1. The Kier molecular flexibility index (Phi) is 5.24. The first-order chi connectivity index (χ1) is 12.0. The fraction of sp³-hybridized carbons (Fsp3) is 0.263.